The smallest absolute Gasteiger partial charge is 0.270 e. The first-order valence-corrected chi connectivity index (χ1v) is 9.09. The van der Waals surface area contributed by atoms with Crippen molar-refractivity contribution >= 4 is 17.2 Å². The van der Waals surface area contributed by atoms with E-state index in [-0.39, 0.29) is 5.91 Å². The minimum absolute atomic E-state index is 0.0437. The number of nitrogens with zero attached hydrogens (tertiary/aromatic N) is 4. The molecule has 3 aromatic heterocycles. The predicted molar refractivity (Wildman–Crippen MR) is 101 cm³/mol. The number of anilines is 1. The van der Waals surface area contributed by atoms with E-state index in [1.54, 1.807) is 0 Å². The number of aryl methyl sites for hydroxylation is 1. The fourth-order valence-corrected chi connectivity index (χ4v) is 3.66. The largest absolute Gasteiger partial charge is 0.371 e. The molecule has 1 saturated heterocycles. The molecule has 134 valence electrons. The fourth-order valence-electron chi connectivity index (χ4n) is 3.66. The van der Waals surface area contributed by atoms with E-state index >= 15 is 0 Å². The molecule has 0 aromatic carbocycles. The highest BCUT2D eigenvalue weighted by Crippen LogP contribution is 2.22. The summed E-state index contributed by atoms with van der Waals surface area (Å²) in [6, 6.07) is 9.86. The molecule has 4 rings (SSSR count). The topological polar surface area (TPSA) is 62.5 Å². The summed E-state index contributed by atoms with van der Waals surface area (Å²) in [5.74, 6) is 0.467. The Labute approximate surface area is 152 Å². The third-order valence-electron chi connectivity index (χ3n) is 5.11. The van der Waals surface area contributed by atoms with Gasteiger partial charge in [-0.2, -0.15) is 0 Å². The molecule has 0 radical (unpaired) electrons. The maximum atomic E-state index is 12.7. The molecule has 26 heavy (non-hydrogen) atoms. The van der Waals surface area contributed by atoms with Crippen LogP contribution in [-0.2, 0) is 0 Å². The van der Waals surface area contributed by atoms with Gasteiger partial charge >= 0.3 is 0 Å². The number of fused-ring (bicyclic) bond motifs is 1. The number of nitrogens with one attached hydrogen (secondary N) is 1. The van der Waals surface area contributed by atoms with E-state index in [2.05, 4.69) is 32.3 Å². The monoisotopic (exact) mass is 349 g/mol. The number of pyridine rings is 2. The lowest BCUT2D eigenvalue weighted by molar-refractivity contribution is 0.0938. The van der Waals surface area contributed by atoms with Gasteiger partial charge in [0.25, 0.3) is 5.91 Å². The average Bonchev–Trinajstić information content (AvgIpc) is 3.03. The summed E-state index contributed by atoms with van der Waals surface area (Å²) in [4.78, 5) is 23.6. The second-order valence-corrected chi connectivity index (χ2v) is 6.82. The van der Waals surface area contributed by atoms with Gasteiger partial charge in [-0.05, 0) is 49.9 Å². The number of rotatable bonds is 4. The molecule has 0 spiro atoms. The highest BCUT2D eigenvalue weighted by molar-refractivity contribution is 5.94. The van der Waals surface area contributed by atoms with E-state index in [0.29, 0.717) is 18.2 Å². The minimum atomic E-state index is -0.0437. The quantitative estimate of drug-likeness (QED) is 0.787. The zero-order valence-electron chi connectivity index (χ0n) is 14.9. The lowest BCUT2D eigenvalue weighted by Gasteiger charge is -2.33. The van der Waals surface area contributed by atoms with Crippen molar-refractivity contribution in [2.75, 3.05) is 24.5 Å². The lowest BCUT2D eigenvalue weighted by atomic mass is 9.96. The Morgan fingerprint density at radius 1 is 1.19 bits per heavy atom. The van der Waals surface area contributed by atoms with Crippen molar-refractivity contribution < 1.29 is 4.79 Å². The number of carbonyl (C=O) groups is 1. The normalized spacial score (nSPS) is 15.3. The van der Waals surface area contributed by atoms with E-state index in [1.165, 1.54) is 5.69 Å². The van der Waals surface area contributed by atoms with Gasteiger partial charge in [0.2, 0.25) is 0 Å². The minimum Gasteiger partial charge on any atom is -0.371 e. The summed E-state index contributed by atoms with van der Waals surface area (Å²) >= 11 is 0. The highest BCUT2D eigenvalue weighted by atomic mass is 16.1. The molecule has 0 aliphatic carbocycles. The van der Waals surface area contributed by atoms with Gasteiger partial charge in [-0.15, -0.1) is 0 Å². The van der Waals surface area contributed by atoms with Crippen molar-refractivity contribution in [2.24, 2.45) is 5.92 Å². The molecule has 0 saturated carbocycles. The van der Waals surface area contributed by atoms with E-state index in [0.717, 1.165) is 37.3 Å². The molecule has 4 heterocycles. The molecule has 1 aliphatic heterocycles. The van der Waals surface area contributed by atoms with Crippen LogP contribution in [0.2, 0.25) is 0 Å². The second-order valence-electron chi connectivity index (χ2n) is 6.82. The van der Waals surface area contributed by atoms with E-state index in [4.69, 9.17) is 0 Å². The van der Waals surface area contributed by atoms with Crippen molar-refractivity contribution in [2.45, 2.75) is 19.8 Å². The Bertz CT molecular complexity index is 897. The number of hydrogen-bond acceptors (Lipinski definition) is 4. The zero-order valence-corrected chi connectivity index (χ0v) is 14.9. The summed E-state index contributed by atoms with van der Waals surface area (Å²) in [7, 11) is 0. The Balaban J connectivity index is 1.35. The number of hydrogen-bond donors (Lipinski definition) is 1. The first-order valence-electron chi connectivity index (χ1n) is 9.09. The summed E-state index contributed by atoms with van der Waals surface area (Å²) in [6.07, 6.45) is 7.71. The molecule has 1 amide bonds. The molecule has 0 unspecified atom stereocenters. The van der Waals surface area contributed by atoms with Crippen LogP contribution in [0.25, 0.3) is 5.65 Å². The molecule has 1 aliphatic rings. The SMILES string of the molecule is Cc1nc2ccccn2c1C(=O)NCC1CCN(c2ccncc2)CC1. The van der Waals surface area contributed by atoms with E-state index in [1.807, 2.05) is 48.1 Å². The first kappa shape index (κ1) is 16.6. The first-order chi connectivity index (χ1) is 12.7. The van der Waals surface area contributed by atoms with Gasteiger partial charge in [0, 0.05) is 43.9 Å². The van der Waals surface area contributed by atoms with Gasteiger partial charge in [-0.3, -0.25) is 14.2 Å². The number of imidazole rings is 1. The Hall–Kier alpha value is -2.89. The van der Waals surface area contributed by atoms with Crippen LogP contribution in [0.15, 0.2) is 48.9 Å². The molecular formula is C20H23N5O. The predicted octanol–water partition coefficient (Wildman–Crippen LogP) is 2.68. The van der Waals surface area contributed by atoms with Crippen molar-refractivity contribution in [3.63, 3.8) is 0 Å². The summed E-state index contributed by atoms with van der Waals surface area (Å²) in [5.41, 5.74) is 3.43. The second kappa shape index (κ2) is 7.15. The van der Waals surface area contributed by atoms with E-state index < -0.39 is 0 Å². The number of aromatic nitrogens is 3. The summed E-state index contributed by atoms with van der Waals surface area (Å²) in [6.45, 7) is 4.62. The van der Waals surface area contributed by atoms with Crippen LogP contribution in [0.1, 0.15) is 29.0 Å². The van der Waals surface area contributed by atoms with Crippen LogP contribution in [0.4, 0.5) is 5.69 Å². The maximum absolute atomic E-state index is 12.7. The van der Waals surface area contributed by atoms with Crippen LogP contribution in [0.3, 0.4) is 0 Å². The van der Waals surface area contributed by atoms with Gasteiger partial charge in [-0.25, -0.2) is 4.98 Å². The van der Waals surface area contributed by atoms with Gasteiger partial charge in [0.1, 0.15) is 11.3 Å². The third-order valence-corrected chi connectivity index (χ3v) is 5.11. The Morgan fingerprint density at radius 3 is 2.73 bits per heavy atom. The van der Waals surface area contributed by atoms with E-state index in [9.17, 15) is 4.79 Å². The van der Waals surface area contributed by atoms with Crippen LogP contribution in [0, 0.1) is 12.8 Å². The lowest BCUT2D eigenvalue weighted by Crippen LogP contribution is -2.39. The van der Waals surface area contributed by atoms with Crippen LogP contribution < -0.4 is 10.2 Å². The molecular weight excluding hydrogens is 326 g/mol. The zero-order chi connectivity index (χ0) is 17.9. The molecule has 1 fully saturated rings. The summed E-state index contributed by atoms with van der Waals surface area (Å²) in [5, 5.41) is 3.11. The van der Waals surface area contributed by atoms with Crippen molar-refractivity contribution in [1.29, 1.82) is 0 Å². The maximum Gasteiger partial charge on any atom is 0.270 e. The fraction of sp³-hybridized carbons (Fsp3) is 0.350. The molecule has 3 aromatic rings. The van der Waals surface area contributed by atoms with Crippen molar-refractivity contribution in [3.05, 3.63) is 60.3 Å². The van der Waals surface area contributed by atoms with Gasteiger partial charge in [-0.1, -0.05) is 6.07 Å². The van der Waals surface area contributed by atoms with Crippen molar-refractivity contribution in [1.82, 2.24) is 19.7 Å². The third kappa shape index (κ3) is 3.27. The molecule has 0 bridgehead atoms. The molecule has 6 nitrogen and oxygen atoms in total. The highest BCUT2D eigenvalue weighted by Gasteiger charge is 2.22. The molecule has 0 atom stereocenters. The van der Waals surface area contributed by atoms with Crippen LogP contribution >= 0.6 is 0 Å². The number of carbonyl (C=O) groups excluding carboxylic acids is 1. The molecule has 1 N–H and O–H groups in total. The van der Waals surface area contributed by atoms with Crippen LogP contribution in [-0.4, -0.2) is 39.9 Å². The van der Waals surface area contributed by atoms with Gasteiger partial charge in [0.05, 0.1) is 5.69 Å². The van der Waals surface area contributed by atoms with Gasteiger partial charge < -0.3 is 10.2 Å². The van der Waals surface area contributed by atoms with Crippen molar-refractivity contribution in [3.8, 4) is 0 Å². The van der Waals surface area contributed by atoms with Gasteiger partial charge in [0.15, 0.2) is 0 Å². The standard InChI is InChI=1S/C20H23N5O/c1-15-19(25-11-3-2-4-18(25)23-15)20(26)22-14-16-7-12-24(13-8-16)17-5-9-21-10-6-17/h2-6,9-11,16H,7-8,12-14H2,1H3,(H,22,26). The summed E-state index contributed by atoms with van der Waals surface area (Å²) < 4.78 is 1.86. The number of piperidine rings is 1. The Morgan fingerprint density at radius 2 is 1.96 bits per heavy atom. The molecule has 6 heteroatoms. The average molecular weight is 349 g/mol. The number of amides is 1. The Kier molecular flexibility index (Phi) is 4.56. The van der Waals surface area contributed by atoms with Crippen LogP contribution in [0.5, 0.6) is 0 Å².